The van der Waals surface area contributed by atoms with Crippen molar-refractivity contribution in [3.05, 3.63) is 206 Å². The zero-order chi connectivity index (χ0) is 38.2. The highest BCUT2D eigenvalue weighted by molar-refractivity contribution is 6.26. The van der Waals surface area contributed by atoms with Crippen molar-refractivity contribution >= 4 is 75.5 Å². The molecule has 0 saturated heterocycles. The van der Waals surface area contributed by atoms with E-state index >= 15 is 0 Å². The summed E-state index contributed by atoms with van der Waals surface area (Å²) in [4.78, 5) is 10.4. The first-order chi connectivity index (χ1) is 28.8. The first-order valence-corrected chi connectivity index (χ1v) is 19.9. The lowest BCUT2D eigenvalue weighted by Crippen LogP contribution is -1.94. The van der Waals surface area contributed by atoms with Crippen LogP contribution >= 0.6 is 0 Å². The normalized spacial score (nSPS) is 11.8. The summed E-state index contributed by atoms with van der Waals surface area (Å²) in [6.45, 7) is 0. The molecule has 0 aliphatic carbocycles. The number of nitrogens with zero attached hydrogens (tertiary/aromatic N) is 2. The maximum atomic E-state index is 5.22. The first-order valence-electron chi connectivity index (χ1n) is 19.9. The molecule has 2 nitrogen and oxygen atoms in total. The molecule has 0 N–H and O–H groups in total. The Bertz CT molecular complexity index is 3590. The molecule has 0 aliphatic rings. The SMILES string of the molecule is c1ccc2c(-c3c4ccccc4c(-c4cccc5ccccc45)c4cc(-c5ccc(-c6nc7ccccc7c7c6ccc6ccccc67)nc5)ccc34)cccc2c1. The van der Waals surface area contributed by atoms with E-state index in [9.17, 15) is 0 Å². The fourth-order valence-electron chi connectivity index (χ4n) is 9.45. The van der Waals surface area contributed by atoms with Gasteiger partial charge in [0.25, 0.3) is 0 Å². The van der Waals surface area contributed by atoms with E-state index in [4.69, 9.17) is 9.97 Å². The molecular weight excluding hydrogens is 701 g/mol. The zero-order valence-corrected chi connectivity index (χ0v) is 31.5. The van der Waals surface area contributed by atoms with Crippen LogP contribution in [-0.4, -0.2) is 9.97 Å². The Balaban J connectivity index is 1.10. The van der Waals surface area contributed by atoms with Crippen LogP contribution in [-0.2, 0) is 0 Å². The number of fused-ring (bicyclic) bond motifs is 9. The first kappa shape index (κ1) is 32.6. The van der Waals surface area contributed by atoms with E-state index in [2.05, 4.69) is 200 Å². The molecule has 0 bridgehead atoms. The molecule has 0 aliphatic heterocycles. The van der Waals surface area contributed by atoms with Crippen molar-refractivity contribution in [2.45, 2.75) is 0 Å². The van der Waals surface area contributed by atoms with Gasteiger partial charge in [-0.25, -0.2) is 4.98 Å². The number of hydrogen-bond donors (Lipinski definition) is 0. The standard InChI is InChI=1S/C56H34N2/c1-4-18-40-35(13-1)16-11-24-43(40)54-45-21-7-8-22-46(45)55(44-25-12-17-36-14-2-5-19-41(36)44)50-33-38(28-30-47(50)54)39-29-32-52(57-34-39)56-49-31-27-37-15-3-6-20-42(37)53(49)48-23-9-10-26-51(48)58-56/h1-34H. The van der Waals surface area contributed by atoms with Crippen LogP contribution in [0.5, 0.6) is 0 Å². The fourth-order valence-corrected chi connectivity index (χ4v) is 9.45. The summed E-state index contributed by atoms with van der Waals surface area (Å²) in [6, 6.07) is 72.6. The molecule has 0 spiro atoms. The monoisotopic (exact) mass is 734 g/mol. The molecule has 0 atom stereocenters. The van der Waals surface area contributed by atoms with Crippen molar-refractivity contribution in [2.75, 3.05) is 0 Å². The lowest BCUT2D eigenvalue weighted by Gasteiger charge is -2.20. The van der Waals surface area contributed by atoms with Crippen molar-refractivity contribution < 1.29 is 0 Å². The molecule has 0 fully saturated rings. The van der Waals surface area contributed by atoms with Crippen LogP contribution in [0.4, 0.5) is 0 Å². The third-order valence-corrected chi connectivity index (χ3v) is 12.1. The van der Waals surface area contributed by atoms with Crippen LogP contribution in [0.2, 0.25) is 0 Å². The van der Waals surface area contributed by atoms with E-state index in [1.807, 2.05) is 6.20 Å². The maximum Gasteiger partial charge on any atom is 0.0972 e. The summed E-state index contributed by atoms with van der Waals surface area (Å²) in [5.41, 5.74) is 9.88. The molecule has 268 valence electrons. The Morgan fingerprint density at radius 3 is 1.47 bits per heavy atom. The van der Waals surface area contributed by atoms with Crippen LogP contribution in [0.1, 0.15) is 0 Å². The van der Waals surface area contributed by atoms with Crippen molar-refractivity contribution in [2.24, 2.45) is 0 Å². The fraction of sp³-hybridized carbons (Fsp3) is 0. The summed E-state index contributed by atoms with van der Waals surface area (Å²) in [6.07, 6.45) is 2.02. The van der Waals surface area contributed by atoms with Crippen LogP contribution in [0.25, 0.3) is 120 Å². The Kier molecular flexibility index (Phi) is 7.26. The van der Waals surface area contributed by atoms with Crippen LogP contribution < -0.4 is 0 Å². The van der Waals surface area contributed by atoms with Gasteiger partial charge in [-0.2, -0.15) is 0 Å². The summed E-state index contributed by atoms with van der Waals surface area (Å²) < 4.78 is 0. The molecule has 10 aromatic carbocycles. The Hall–Kier alpha value is -7.68. The van der Waals surface area contributed by atoms with Crippen LogP contribution in [0.3, 0.4) is 0 Å². The predicted molar refractivity (Wildman–Crippen MR) is 246 cm³/mol. The Morgan fingerprint density at radius 2 is 0.810 bits per heavy atom. The number of hydrogen-bond acceptors (Lipinski definition) is 2. The minimum absolute atomic E-state index is 0.858. The second kappa shape index (κ2) is 12.9. The quantitative estimate of drug-likeness (QED) is 0.133. The van der Waals surface area contributed by atoms with Crippen molar-refractivity contribution in [1.82, 2.24) is 9.97 Å². The maximum absolute atomic E-state index is 5.22. The number of benzene rings is 10. The minimum atomic E-state index is 0.858. The topological polar surface area (TPSA) is 25.8 Å². The second-order valence-electron chi connectivity index (χ2n) is 15.2. The van der Waals surface area contributed by atoms with Gasteiger partial charge in [-0.05, 0) is 99.9 Å². The molecule has 12 aromatic rings. The van der Waals surface area contributed by atoms with Crippen molar-refractivity contribution in [3.63, 3.8) is 0 Å². The van der Waals surface area contributed by atoms with Crippen LogP contribution in [0, 0.1) is 0 Å². The number of pyridine rings is 2. The highest BCUT2D eigenvalue weighted by Crippen LogP contribution is 2.47. The van der Waals surface area contributed by atoms with Crippen molar-refractivity contribution in [3.8, 4) is 44.8 Å². The summed E-state index contributed by atoms with van der Waals surface area (Å²) in [5, 5.41) is 15.8. The molecular formula is C56H34N2. The summed E-state index contributed by atoms with van der Waals surface area (Å²) >= 11 is 0. The van der Waals surface area contributed by atoms with Gasteiger partial charge in [-0.3, -0.25) is 4.98 Å². The van der Waals surface area contributed by atoms with Crippen LogP contribution in [0.15, 0.2) is 206 Å². The van der Waals surface area contributed by atoms with E-state index in [1.165, 1.54) is 81.5 Å². The Labute approximate surface area is 335 Å². The highest BCUT2D eigenvalue weighted by atomic mass is 14.8. The smallest absolute Gasteiger partial charge is 0.0972 e. The highest BCUT2D eigenvalue weighted by Gasteiger charge is 2.20. The predicted octanol–water partition coefficient (Wildman–Crippen LogP) is 15.2. The molecule has 2 heterocycles. The van der Waals surface area contributed by atoms with Gasteiger partial charge in [0.05, 0.1) is 16.9 Å². The van der Waals surface area contributed by atoms with Gasteiger partial charge in [-0.1, -0.05) is 182 Å². The molecule has 2 heteroatoms. The average Bonchev–Trinajstić information content (AvgIpc) is 3.30. The third kappa shape index (κ3) is 4.99. The van der Waals surface area contributed by atoms with Gasteiger partial charge in [-0.15, -0.1) is 0 Å². The van der Waals surface area contributed by atoms with Gasteiger partial charge in [0, 0.05) is 27.9 Å². The Morgan fingerprint density at radius 1 is 0.310 bits per heavy atom. The molecule has 0 amide bonds. The molecule has 58 heavy (non-hydrogen) atoms. The lowest BCUT2D eigenvalue weighted by atomic mass is 9.83. The number of aromatic nitrogens is 2. The number of rotatable bonds is 4. The van der Waals surface area contributed by atoms with Gasteiger partial charge in [0.1, 0.15) is 0 Å². The largest absolute Gasteiger partial charge is 0.254 e. The summed E-state index contributed by atoms with van der Waals surface area (Å²) in [7, 11) is 0. The van der Waals surface area contributed by atoms with E-state index < -0.39 is 0 Å². The molecule has 2 aromatic heterocycles. The molecule has 12 rings (SSSR count). The van der Waals surface area contributed by atoms with E-state index in [0.29, 0.717) is 0 Å². The van der Waals surface area contributed by atoms with Gasteiger partial charge in [0.2, 0.25) is 0 Å². The lowest BCUT2D eigenvalue weighted by molar-refractivity contribution is 1.29. The average molecular weight is 735 g/mol. The van der Waals surface area contributed by atoms with E-state index in [1.54, 1.807) is 0 Å². The van der Waals surface area contributed by atoms with E-state index in [-0.39, 0.29) is 0 Å². The number of para-hydroxylation sites is 1. The molecule has 0 radical (unpaired) electrons. The van der Waals surface area contributed by atoms with Gasteiger partial charge >= 0.3 is 0 Å². The summed E-state index contributed by atoms with van der Waals surface area (Å²) in [5.74, 6) is 0. The molecule has 0 saturated carbocycles. The van der Waals surface area contributed by atoms with Crippen molar-refractivity contribution in [1.29, 1.82) is 0 Å². The second-order valence-corrected chi connectivity index (χ2v) is 15.2. The van der Waals surface area contributed by atoms with Gasteiger partial charge in [0.15, 0.2) is 0 Å². The minimum Gasteiger partial charge on any atom is -0.254 e. The zero-order valence-electron chi connectivity index (χ0n) is 31.5. The van der Waals surface area contributed by atoms with E-state index in [0.717, 1.165) is 38.8 Å². The molecule has 0 unspecified atom stereocenters. The third-order valence-electron chi connectivity index (χ3n) is 12.1. The van der Waals surface area contributed by atoms with Gasteiger partial charge < -0.3 is 0 Å².